The first-order valence-corrected chi connectivity index (χ1v) is 9.83. The SMILES string of the molecule is CN=C(NCC(C)Oc1ccc(F)cc1)NC1CCN(c2ccccc2)CC1.I. The second-order valence-electron chi connectivity index (χ2n) is 7.08. The van der Waals surface area contributed by atoms with E-state index in [2.05, 4.69) is 44.8 Å². The van der Waals surface area contributed by atoms with Crippen LogP contribution in [0.2, 0.25) is 0 Å². The number of benzene rings is 2. The summed E-state index contributed by atoms with van der Waals surface area (Å²) in [5.41, 5.74) is 1.29. The van der Waals surface area contributed by atoms with E-state index >= 15 is 0 Å². The van der Waals surface area contributed by atoms with Crippen molar-refractivity contribution in [1.82, 2.24) is 10.6 Å². The van der Waals surface area contributed by atoms with E-state index in [9.17, 15) is 4.39 Å². The molecular formula is C22H30FIN4O. The molecule has 158 valence electrons. The topological polar surface area (TPSA) is 48.9 Å². The van der Waals surface area contributed by atoms with Crippen LogP contribution in [0.15, 0.2) is 59.6 Å². The minimum absolute atomic E-state index is 0. The van der Waals surface area contributed by atoms with Crippen molar-refractivity contribution in [3.05, 3.63) is 60.4 Å². The van der Waals surface area contributed by atoms with Crippen molar-refractivity contribution in [3.63, 3.8) is 0 Å². The molecule has 0 amide bonds. The highest BCUT2D eigenvalue weighted by molar-refractivity contribution is 14.0. The van der Waals surface area contributed by atoms with E-state index in [4.69, 9.17) is 4.74 Å². The maximum atomic E-state index is 13.0. The van der Waals surface area contributed by atoms with E-state index in [1.165, 1.54) is 17.8 Å². The molecule has 1 saturated heterocycles. The highest BCUT2D eigenvalue weighted by atomic mass is 127. The molecule has 0 spiro atoms. The first-order valence-electron chi connectivity index (χ1n) is 9.83. The number of halogens is 2. The molecule has 7 heteroatoms. The lowest BCUT2D eigenvalue weighted by Crippen LogP contribution is -2.50. The molecule has 1 aliphatic heterocycles. The van der Waals surface area contributed by atoms with Crippen LogP contribution < -0.4 is 20.3 Å². The number of nitrogens with zero attached hydrogens (tertiary/aromatic N) is 2. The highest BCUT2D eigenvalue weighted by Gasteiger charge is 2.20. The molecule has 0 bridgehead atoms. The van der Waals surface area contributed by atoms with E-state index in [0.717, 1.165) is 31.9 Å². The van der Waals surface area contributed by atoms with Gasteiger partial charge in [0.2, 0.25) is 0 Å². The van der Waals surface area contributed by atoms with E-state index in [1.807, 2.05) is 13.0 Å². The minimum Gasteiger partial charge on any atom is -0.489 e. The average Bonchev–Trinajstić information content (AvgIpc) is 2.74. The zero-order valence-electron chi connectivity index (χ0n) is 17.0. The number of hydrogen-bond acceptors (Lipinski definition) is 3. The Labute approximate surface area is 189 Å². The second-order valence-corrected chi connectivity index (χ2v) is 7.08. The minimum atomic E-state index is -0.263. The Balaban J connectivity index is 0.00000300. The molecule has 2 aromatic rings. The lowest BCUT2D eigenvalue weighted by atomic mass is 10.0. The van der Waals surface area contributed by atoms with Crippen LogP contribution in [0.4, 0.5) is 10.1 Å². The summed E-state index contributed by atoms with van der Waals surface area (Å²) in [7, 11) is 1.78. The van der Waals surface area contributed by atoms with Gasteiger partial charge in [-0.3, -0.25) is 4.99 Å². The molecule has 3 rings (SSSR count). The van der Waals surface area contributed by atoms with E-state index in [0.29, 0.717) is 18.3 Å². The van der Waals surface area contributed by atoms with Crippen LogP contribution in [0.25, 0.3) is 0 Å². The number of rotatable bonds is 6. The van der Waals surface area contributed by atoms with Crippen LogP contribution in [0.5, 0.6) is 5.75 Å². The lowest BCUT2D eigenvalue weighted by Gasteiger charge is -2.34. The van der Waals surface area contributed by atoms with Gasteiger partial charge < -0.3 is 20.3 Å². The molecule has 1 fully saturated rings. The molecule has 2 aromatic carbocycles. The van der Waals surface area contributed by atoms with Gasteiger partial charge in [0.25, 0.3) is 0 Å². The van der Waals surface area contributed by atoms with Crippen molar-refractivity contribution in [2.24, 2.45) is 4.99 Å². The third kappa shape index (κ3) is 7.38. The summed E-state index contributed by atoms with van der Waals surface area (Å²) in [6.45, 7) is 4.65. The number of para-hydroxylation sites is 1. The third-order valence-electron chi connectivity index (χ3n) is 4.89. The van der Waals surface area contributed by atoms with Gasteiger partial charge >= 0.3 is 0 Å². The van der Waals surface area contributed by atoms with Crippen LogP contribution in [0, 0.1) is 5.82 Å². The van der Waals surface area contributed by atoms with Crippen LogP contribution in [-0.4, -0.2) is 44.8 Å². The first kappa shape index (κ1) is 23.3. The molecule has 1 aliphatic rings. The lowest BCUT2D eigenvalue weighted by molar-refractivity contribution is 0.223. The molecule has 0 saturated carbocycles. The normalized spacial score (nSPS) is 16.0. The van der Waals surface area contributed by atoms with Crippen LogP contribution >= 0.6 is 24.0 Å². The Bertz CT molecular complexity index is 749. The molecule has 0 radical (unpaired) electrons. The quantitative estimate of drug-likeness (QED) is 0.349. The summed E-state index contributed by atoms with van der Waals surface area (Å²) in [6, 6.07) is 17.0. The van der Waals surface area contributed by atoms with E-state index in [-0.39, 0.29) is 35.9 Å². The van der Waals surface area contributed by atoms with Crippen molar-refractivity contribution < 1.29 is 9.13 Å². The van der Waals surface area contributed by atoms with Gasteiger partial charge in [0.05, 0.1) is 6.54 Å². The van der Waals surface area contributed by atoms with Gasteiger partial charge in [-0.25, -0.2) is 4.39 Å². The van der Waals surface area contributed by atoms with Gasteiger partial charge in [-0.1, -0.05) is 18.2 Å². The Morgan fingerprint density at radius 3 is 2.41 bits per heavy atom. The molecule has 2 N–H and O–H groups in total. The molecule has 1 atom stereocenters. The van der Waals surface area contributed by atoms with Gasteiger partial charge in [0, 0.05) is 31.9 Å². The zero-order valence-corrected chi connectivity index (χ0v) is 19.3. The molecule has 1 unspecified atom stereocenters. The van der Waals surface area contributed by atoms with Gasteiger partial charge in [-0.05, 0) is 56.2 Å². The smallest absolute Gasteiger partial charge is 0.191 e. The largest absolute Gasteiger partial charge is 0.489 e. The van der Waals surface area contributed by atoms with Crippen molar-refractivity contribution in [2.45, 2.75) is 31.9 Å². The van der Waals surface area contributed by atoms with Crippen molar-refractivity contribution in [2.75, 3.05) is 31.6 Å². The highest BCUT2D eigenvalue weighted by Crippen LogP contribution is 2.19. The Morgan fingerprint density at radius 2 is 1.79 bits per heavy atom. The molecule has 1 heterocycles. The number of hydrogen-bond donors (Lipinski definition) is 2. The molecule has 29 heavy (non-hydrogen) atoms. The number of guanidine groups is 1. The van der Waals surface area contributed by atoms with Crippen LogP contribution in [0.3, 0.4) is 0 Å². The molecule has 5 nitrogen and oxygen atoms in total. The zero-order chi connectivity index (χ0) is 19.8. The average molecular weight is 512 g/mol. The summed E-state index contributed by atoms with van der Waals surface area (Å²) >= 11 is 0. The van der Waals surface area contributed by atoms with Crippen LogP contribution in [-0.2, 0) is 0 Å². The molecular weight excluding hydrogens is 482 g/mol. The van der Waals surface area contributed by atoms with Gasteiger partial charge in [-0.2, -0.15) is 0 Å². The number of anilines is 1. The second kappa shape index (κ2) is 11.8. The fraction of sp³-hybridized carbons (Fsp3) is 0.409. The fourth-order valence-corrected chi connectivity index (χ4v) is 3.34. The number of ether oxygens (including phenoxy) is 1. The predicted molar refractivity (Wildman–Crippen MR) is 128 cm³/mol. The number of aliphatic imine (C=N–C) groups is 1. The number of piperidine rings is 1. The van der Waals surface area contributed by atoms with Crippen molar-refractivity contribution in [1.29, 1.82) is 0 Å². The van der Waals surface area contributed by atoms with Gasteiger partial charge in [-0.15, -0.1) is 24.0 Å². The standard InChI is InChI=1S/C22H29FN4O.HI/c1-17(28-21-10-8-18(23)9-11-21)16-25-22(24-2)26-19-12-14-27(15-13-19)20-6-4-3-5-7-20;/h3-11,17,19H,12-16H2,1-2H3,(H2,24,25,26);1H. The molecule has 0 aromatic heterocycles. The van der Waals surface area contributed by atoms with Gasteiger partial charge in [0.15, 0.2) is 5.96 Å². The van der Waals surface area contributed by atoms with E-state index < -0.39 is 0 Å². The summed E-state index contributed by atoms with van der Waals surface area (Å²) in [6.07, 6.45) is 2.07. The van der Waals surface area contributed by atoms with Crippen molar-refractivity contribution in [3.8, 4) is 5.75 Å². The summed E-state index contributed by atoms with van der Waals surface area (Å²) in [4.78, 5) is 6.75. The maximum absolute atomic E-state index is 13.0. The first-order chi connectivity index (χ1) is 13.6. The van der Waals surface area contributed by atoms with Crippen LogP contribution in [0.1, 0.15) is 19.8 Å². The van der Waals surface area contributed by atoms with Gasteiger partial charge in [0.1, 0.15) is 17.7 Å². The fourth-order valence-electron chi connectivity index (χ4n) is 3.34. The Hall–Kier alpha value is -2.03. The summed E-state index contributed by atoms with van der Waals surface area (Å²) < 4.78 is 18.8. The maximum Gasteiger partial charge on any atom is 0.191 e. The summed E-state index contributed by atoms with van der Waals surface area (Å²) in [5, 5.41) is 6.83. The Morgan fingerprint density at radius 1 is 1.14 bits per heavy atom. The van der Waals surface area contributed by atoms with E-state index in [1.54, 1.807) is 19.2 Å². The molecule has 0 aliphatic carbocycles. The summed E-state index contributed by atoms with van der Waals surface area (Å²) in [5.74, 6) is 1.18. The monoisotopic (exact) mass is 512 g/mol. The number of nitrogens with one attached hydrogen (secondary N) is 2. The third-order valence-corrected chi connectivity index (χ3v) is 4.89. The van der Waals surface area contributed by atoms with Crippen molar-refractivity contribution >= 4 is 35.6 Å². The Kier molecular flexibility index (Phi) is 9.50. The predicted octanol–water partition coefficient (Wildman–Crippen LogP) is 4.05.